The summed E-state index contributed by atoms with van der Waals surface area (Å²) in [4.78, 5) is 0. The number of aliphatic hydroxyl groups excluding tert-OH is 1. The molecule has 0 aromatic carbocycles. The lowest BCUT2D eigenvalue weighted by atomic mass is 9.45. The molecular formula is C20H34O2. The van der Waals surface area contributed by atoms with Gasteiger partial charge in [-0.2, -0.15) is 0 Å². The second-order valence-corrected chi connectivity index (χ2v) is 9.58. The highest BCUT2D eigenvalue weighted by Crippen LogP contribution is 2.66. The monoisotopic (exact) mass is 306 g/mol. The summed E-state index contributed by atoms with van der Waals surface area (Å²) in [6, 6.07) is 0. The maximum Gasteiger partial charge on any atom is 0.0579 e. The Hall–Kier alpha value is -0.0800. The van der Waals surface area contributed by atoms with Crippen molar-refractivity contribution in [3.05, 3.63) is 0 Å². The van der Waals surface area contributed by atoms with E-state index >= 15 is 0 Å². The van der Waals surface area contributed by atoms with E-state index in [0.29, 0.717) is 16.9 Å². The molecule has 4 fully saturated rings. The van der Waals surface area contributed by atoms with Crippen molar-refractivity contribution in [1.29, 1.82) is 0 Å². The Bertz CT molecular complexity index is 435. The lowest BCUT2D eigenvalue weighted by Crippen LogP contribution is -2.53. The molecule has 2 nitrogen and oxygen atoms in total. The smallest absolute Gasteiger partial charge is 0.0579 e. The van der Waals surface area contributed by atoms with Crippen LogP contribution < -0.4 is 0 Å². The van der Waals surface area contributed by atoms with Gasteiger partial charge in [0.25, 0.3) is 0 Å². The van der Waals surface area contributed by atoms with Crippen molar-refractivity contribution in [1.82, 2.24) is 0 Å². The van der Waals surface area contributed by atoms with E-state index in [1.54, 1.807) is 0 Å². The molecule has 0 aromatic rings. The van der Waals surface area contributed by atoms with E-state index in [2.05, 4.69) is 13.8 Å². The number of rotatable bonds is 1. The van der Waals surface area contributed by atoms with Crippen LogP contribution >= 0.6 is 0 Å². The summed E-state index contributed by atoms with van der Waals surface area (Å²) in [6.45, 7) is 5.12. The van der Waals surface area contributed by atoms with E-state index in [1.165, 1.54) is 44.9 Å². The standard InChI is InChI=1S/C20H34O2/c1-19-8-7-17-16(18(19)11-15(12-19)22-3)5-4-13-10-14(21)6-9-20(13,17)2/h13-18,21H,4-12H2,1-3H3/t13?,14?,15?,16-,17+,18+,19-,20+/m1/s1. The quantitative estimate of drug-likeness (QED) is 0.778. The van der Waals surface area contributed by atoms with Gasteiger partial charge in [0.2, 0.25) is 0 Å². The van der Waals surface area contributed by atoms with Gasteiger partial charge in [0.1, 0.15) is 0 Å². The highest BCUT2D eigenvalue weighted by molar-refractivity contribution is 5.08. The summed E-state index contributed by atoms with van der Waals surface area (Å²) in [5, 5.41) is 10.1. The average molecular weight is 306 g/mol. The first kappa shape index (κ1) is 15.4. The zero-order chi connectivity index (χ0) is 15.5. The first-order valence-electron chi connectivity index (χ1n) is 9.67. The third kappa shape index (κ3) is 2.13. The summed E-state index contributed by atoms with van der Waals surface area (Å²) in [7, 11) is 1.91. The molecule has 4 aliphatic carbocycles. The maximum absolute atomic E-state index is 10.1. The van der Waals surface area contributed by atoms with Crippen LogP contribution in [0.3, 0.4) is 0 Å². The van der Waals surface area contributed by atoms with Crippen molar-refractivity contribution in [3.8, 4) is 0 Å². The van der Waals surface area contributed by atoms with Crippen molar-refractivity contribution >= 4 is 0 Å². The predicted octanol–water partition coefficient (Wildman–Crippen LogP) is 4.41. The largest absolute Gasteiger partial charge is 0.393 e. The Kier molecular flexibility index (Phi) is 3.66. The Labute approximate surface area is 136 Å². The molecule has 2 heteroatoms. The van der Waals surface area contributed by atoms with Gasteiger partial charge in [-0.05, 0) is 92.3 Å². The van der Waals surface area contributed by atoms with Crippen LogP contribution in [0.2, 0.25) is 0 Å². The van der Waals surface area contributed by atoms with Crippen LogP contribution in [0.1, 0.15) is 71.6 Å². The van der Waals surface area contributed by atoms with Crippen LogP contribution in [0.25, 0.3) is 0 Å². The van der Waals surface area contributed by atoms with Gasteiger partial charge in [0, 0.05) is 7.11 Å². The topological polar surface area (TPSA) is 29.5 Å². The second kappa shape index (κ2) is 5.21. The van der Waals surface area contributed by atoms with E-state index in [9.17, 15) is 5.11 Å². The van der Waals surface area contributed by atoms with Gasteiger partial charge in [-0.15, -0.1) is 0 Å². The fraction of sp³-hybridized carbons (Fsp3) is 1.00. The third-order valence-electron chi connectivity index (χ3n) is 8.70. The van der Waals surface area contributed by atoms with Crippen LogP contribution in [0.4, 0.5) is 0 Å². The molecule has 4 rings (SSSR count). The number of fused-ring (bicyclic) bond motifs is 5. The molecule has 8 atom stereocenters. The SMILES string of the molecule is COC1C[C@H]2[C@@H]3CCC4CC(O)CC[C@]4(C)[C@H]3CC[C@]2(C)C1. The van der Waals surface area contributed by atoms with Gasteiger partial charge in [0.15, 0.2) is 0 Å². The first-order valence-corrected chi connectivity index (χ1v) is 9.67. The van der Waals surface area contributed by atoms with Crippen molar-refractivity contribution in [2.75, 3.05) is 7.11 Å². The number of ether oxygens (including phenoxy) is 1. The third-order valence-corrected chi connectivity index (χ3v) is 8.70. The number of hydrogen-bond donors (Lipinski definition) is 1. The van der Waals surface area contributed by atoms with Crippen LogP contribution in [0, 0.1) is 34.5 Å². The van der Waals surface area contributed by atoms with E-state index in [4.69, 9.17) is 4.74 Å². The molecule has 0 aliphatic heterocycles. The van der Waals surface area contributed by atoms with Crippen molar-refractivity contribution in [2.45, 2.75) is 83.8 Å². The molecule has 0 bridgehead atoms. The Morgan fingerprint density at radius 2 is 1.77 bits per heavy atom. The molecule has 0 heterocycles. The highest BCUT2D eigenvalue weighted by Gasteiger charge is 2.59. The molecule has 0 aromatic heterocycles. The van der Waals surface area contributed by atoms with E-state index in [-0.39, 0.29) is 6.10 Å². The molecule has 0 amide bonds. The summed E-state index contributed by atoms with van der Waals surface area (Å²) in [6.07, 6.45) is 12.1. The minimum Gasteiger partial charge on any atom is -0.393 e. The van der Waals surface area contributed by atoms with Gasteiger partial charge in [-0.1, -0.05) is 13.8 Å². The average Bonchev–Trinajstić information content (AvgIpc) is 2.85. The van der Waals surface area contributed by atoms with Gasteiger partial charge < -0.3 is 9.84 Å². The minimum absolute atomic E-state index is 0.0205. The van der Waals surface area contributed by atoms with Gasteiger partial charge in [-0.3, -0.25) is 0 Å². The Morgan fingerprint density at radius 1 is 0.955 bits per heavy atom. The molecule has 0 saturated heterocycles. The molecule has 4 saturated carbocycles. The predicted molar refractivity (Wildman–Crippen MR) is 88.5 cm³/mol. The molecule has 4 aliphatic rings. The molecule has 126 valence electrons. The molecule has 0 spiro atoms. The zero-order valence-corrected chi connectivity index (χ0v) is 14.7. The number of methoxy groups -OCH3 is 1. The van der Waals surface area contributed by atoms with Gasteiger partial charge in [0.05, 0.1) is 12.2 Å². The minimum atomic E-state index is -0.0205. The van der Waals surface area contributed by atoms with Crippen LogP contribution in [0.5, 0.6) is 0 Å². The Morgan fingerprint density at radius 3 is 2.55 bits per heavy atom. The molecule has 1 N–H and O–H groups in total. The summed E-state index contributed by atoms with van der Waals surface area (Å²) in [5.74, 6) is 3.50. The molecule has 0 radical (unpaired) electrons. The highest BCUT2D eigenvalue weighted by atomic mass is 16.5. The van der Waals surface area contributed by atoms with E-state index in [1.807, 2.05) is 7.11 Å². The van der Waals surface area contributed by atoms with E-state index in [0.717, 1.165) is 36.5 Å². The van der Waals surface area contributed by atoms with Crippen molar-refractivity contribution in [2.24, 2.45) is 34.5 Å². The van der Waals surface area contributed by atoms with E-state index < -0.39 is 0 Å². The van der Waals surface area contributed by atoms with Crippen LogP contribution in [0.15, 0.2) is 0 Å². The second-order valence-electron chi connectivity index (χ2n) is 9.58. The zero-order valence-electron chi connectivity index (χ0n) is 14.7. The van der Waals surface area contributed by atoms with Crippen LogP contribution in [-0.2, 0) is 4.74 Å². The lowest BCUT2D eigenvalue weighted by molar-refractivity contribution is -0.120. The molecule has 22 heavy (non-hydrogen) atoms. The number of aliphatic hydroxyl groups is 1. The number of hydrogen-bond acceptors (Lipinski definition) is 2. The fourth-order valence-electron chi connectivity index (χ4n) is 7.41. The maximum atomic E-state index is 10.1. The van der Waals surface area contributed by atoms with Crippen LogP contribution in [-0.4, -0.2) is 24.4 Å². The van der Waals surface area contributed by atoms with Crippen molar-refractivity contribution < 1.29 is 9.84 Å². The first-order chi connectivity index (χ1) is 10.5. The van der Waals surface area contributed by atoms with Crippen molar-refractivity contribution in [3.63, 3.8) is 0 Å². The summed E-state index contributed by atoms with van der Waals surface area (Å²) < 4.78 is 5.76. The summed E-state index contributed by atoms with van der Waals surface area (Å²) >= 11 is 0. The summed E-state index contributed by atoms with van der Waals surface area (Å²) in [5.41, 5.74) is 1.05. The molecular weight excluding hydrogens is 272 g/mol. The lowest BCUT2D eigenvalue weighted by Gasteiger charge is -2.60. The van der Waals surface area contributed by atoms with Gasteiger partial charge >= 0.3 is 0 Å². The normalized spacial score (nSPS) is 57.8. The fourth-order valence-corrected chi connectivity index (χ4v) is 7.41. The van der Waals surface area contributed by atoms with Gasteiger partial charge in [-0.25, -0.2) is 0 Å². The Balaban J connectivity index is 1.60. The molecule has 3 unspecified atom stereocenters.